The molecule has 1 aliphatic rings. The smallest absolute Gasteiger partial charge is 0.261 e. The minimum Gasteiger partial charge on any atom is -0.404 e. The quantitative estimate of drug-likeness (QED) is 0.508. The van der Waals surface area contributed by atoms with Crippen LogP contribution in [0.15, 0.2) is 36.5 Å². The normalized spacial score (nSPS) is 13.7. The molecule has 3 amide bonds. The molecule has 9 heteroatoms. The third kappa shape index (κ3) is 3.49. The monoisotopic (exact) mass is 402 g/mol. The number of imide groups is 1. The summed E-state index contributed by atoms with van der Waals surface area (Å²) in [5, 5.41) is 9.98. The van der Waals surface area contributed by atoms with Crippen LogP contribution in [-0.4, -0.2) is 41.9 Å². The van der Waals surface area contributed by atoms with E-state index in [0.29, 0.717) is 31.5 Å². The standard InChI is InChI=1S/C18H15ClN4O3S/c19-15-13(10(8-20)9-21)7-14(27-15)16(24)22-5-6-23-17(25)11-3-1-2-4-12(11)18(23)26/h1-4,7-9,20H,5-6,21H2,(H,22,24). The van der Waals surface area contributed by atoms with E-state index in [4.69, 9.17) is 22.7 Å². The third-order valence-corrected chi connectivity index (χ3v) is 5.41. The highest BCUT2D eigenvalue weighted by atomic mass is 35.5. The van der Waals surface area contributed by atoms with Crippen molar-refractivity contribution in [3.63, 3.8) is 0 Å². The molecule has 27 heavy (non-hydrogen) atoms. The van der Waals surface area contributed by atoms with E-state index in [1.54, 1.807) is 30.3 Å². The number of carbonyl (C=O) groups is 3. The van der Waals surface area contributed by atoms with Crippen molar-refractivity contribution in [2.45, 2.75) is 0 Å². The van der Waals surface area contributed by atoms with Crippen molar-refractivity contribution in [2.75, 3.05) is 13.1 Å². The van der Waals surface area contributed by atoms with Crippen molar-refractivity contribution in [1.29, 1.82) is 5.41 Å². The molecule has 3 rings (SSSR count). The summed E-state index contributed by atoms with van der Waals surface area (Å²) >= 11 is 7.17. The molecule has 7 nitrogen and oxygen atoms in total. The molecule has 0 aliphatic carbocycles. The Morgan fingerprint density at radius 2 is 1.89 bits per heavy atom. The number of thiophene rings is 1. The molecular formula is C18H15ClN4O3S. The van der Waals surface area contributed by atoms with Crippen molar-refractivity contribution in [3.05, 3.63) is 62.4 Å². The molecule has 2 heterocycles. The lowest BCUT2D eigenvalue weighted by Gasteiger charge is -2.13. The molecule has 2 aromatic rings. The van der Waals surface area contributed by atoms with Gasteiger partial charge in [0, 0.05) is 36.6 Å². The Bertz CT molecular complexity index is 948. The lowest BCUT2D eigenvalue weighted by atomic mass is 10.1. The molecule has 0 saturated carbocycles. The summed E-state index contributed by atoms with van der Waals surface area (Å²) in [6.07, 6.45) is 2.29. The van der Waals surface area contributed by atoms with Crippen molar-refractivity contribution in [1.82, 2.24) is 10.2 Å². The highest BCUT2D eigenvalue weighted by Gasteiger charge is 2.34. The number of nitrogens with two attached hydrogens (primary N) is 1. The van der Waals surface area contributed by atoms with Crippen molar-refractivity contribution in [2.24, 2.45) is 5.73 Å². The van der Waals surface area contributed by atoms with E-state index in [1.165, 1.54) is 6.20 Å². The minimum atomic E-state index is -0.383. The maximum Gasteiger partial charge on any atom is 0.261 e. The van der Waals surface area contributed by atoms with Crippen LogP contribution in [0.4, 0.5) is 0 Å². The first kappa shape index (κ1) is 18.8. The molecule has 0 radical (unpaired) electrons. The zero-order chi connectivity index (χ0) is 19.6. The maximum absolute atomic E-state index is 12.3. The summed E-state index contributed by atoms with van der Waals surface area (Å²) < 4.78 is 0.348. The van der Waals surface area contributed by atoms with E-state index in [1.807, 2.05) is 0 Å². The number of nitrogens with one attached hydrogen (secondary N) is 2. The van der Waals surface area contributed by atoms with Gasteiger partial charge < -0.3 is 16.5 Å². The van der Waals surface area contributed by atoms with E-state index in [9.17, 15) is 14.4 Å². The van der Waals surface area contributed by atoms with E-state index in [-0.39, 0.29) is 30.8 Å². The van der Waals surface area contributed by atoms with Gasteiger partial charge in [0.1, 0.15) is 4.34 Å². The van der Waals surface area contributed by atoms with Crippen LogP contribution in [0.5, 0.6) is 0 Å². The highest BCUT2D eigenvalue weighted by molar-refractivity contribution is 7.18. The molecular weight excluding hydrogens is 388 g/mol. The number of carbonyl (C=O) groups excluding carboxylic acids is 3. The van der Waals surface area contributed by atoms with Gasteiger partial charge in [-0.2, -0.15) is 0 Å². The molecule has 1 aromatic heterocycles. The highest BCUT2D eigenvalue weighted by Crippen LogP contribution is 2.31. The molecule has 0 fully saturated rings. The zero-order valence-corrected chi connectivity index (χ0v) is 15.6. The Morgan fingerprint density at radius 1 is 1.26 bits per heavy atom. The SMILES string of the molecule is N=CC(=CN)c1cc(C(=O)NCCN2C(=O)c3ccccc3C2=O)sc1Cl. The predicted octanol–water partition coefficient (Wildman–Crippen LogP) is 2.38. The summed E-state index contributed by atoms with van der Waals surface area (Å²) in [4.78, 5) is 38.3. The summed E-state index contributed by atoms with van der Waals surface area (Å²) in [6.45, 7) is 0.178. The van der Waals surface area contributed by atoms with Crippen molar-refractivity contribution in [3.8, 4) is 0 Å². The summed E-state index contributed by atoms with van der Waals surface area (Å²) in [5.74, 6) is -1.11. The number of allylic oxidation sites excluding steroid dienone is 1. The van der Waals surface area contributed by atoms with Crippen molar-refractivity contribution < 1.29 is 14.4 Å². The van der Waals surface area contributed by atoms with Gasteiger partial charge in [-0.15, -0.1) is 11.3 Å². The molecule has 0 bridgehead atoms. The van der Waals surface area contributed by atoms with Gasteiger partial charge in [-0.05, 0) is 18.2 Å². The molecule has 4 N–H and O–H groups in total. The first-order chi connectivity index (χ1) is 13.0. The van der Waals surface area contributed by atoms with Gasteiger partial charge in [0.05, 0.1) is 16.0 Å². The fourth-order valence-corrected chi connectivity index (χ4v) is 3.94. The van der Waals surface area contributed by atoms with Crippen LogP contribution in [-0.2, 0) is 0 Å². The van der Waals surface area contributed by atoms with Crippen LogP contribution in [0.1, 0.15) is 36.0 Å². The summed E-state index contributed by atoms with van der Waals surface area (Å²) in [7, 11) is 0. The Balaban J connectivity index is 1.63. The molecule has 138 valence electrons. The van der Waals surface area contributed by atoms with Gasteiger partial charge in [0.25, 0.3) is 17.7 Å². The topological polar surface area (TPSA) is 116 Å². The van der Waals surface area contributed by atoms with Gasteiger partial charge in [-0.3, -0.25) is 19.3 Å². The molecule has 0 unspecified atom stereocenters. The maximum atomic E-state index is 12.3. The fourth-order valence-electron chi connectivity index (χ4n) is 2.70. The fraction of sp³-hybridized carbons (Fsp3) is 0.111. The number of halogens is 1. The minimum absolute atomic E-state index is 0.0680. The lowest BCUT2D eigenvalue weighted by Crippen LogP contribution is -2.38. The van der Waals surface area contributed by atoms with Crippen LogP contribution in [0.2, 0.25) is 4.34 Å². The Morgan fingerprint density at radius 3 is 2.44 bits per heavy atom. The second kappa shape index (κ2) is 7.73. The van der Waals surface area contributed by atoms with Gasteiger partial charge in [0.15, 0.2) is 0 Å². The number of fused-ring (bicyclic) bond motifs is 1. The van der Waals surface area contributed by atoms with Crippen LogP contribution in [0, 0.1) is 5.41 Å². The second-order valence-corrected chi connectivity index (χ2v) is 7.28. The second-order valence-electron chi connectivity index (χ2n) is 5.63. The van der Waals surface area contributed by atoms with E-state index in [2.05, 4.69) is 5.32 Å². The average molecular weight is 403 g/mol. The Kier molecular flexibility index (Phi) is 5.38. The zero-order valence-electron chi connectivity index (χ0n) is 14.0. The van der Waals surface area contributed by atoms with Crippen LogP contribution in [0.25, 0.3) is 5.57 Å². The Labute approximate surface area is 163 Å². The van der Waals surface area contributed by atoms with Gasteiger partial charge >= 0.3 is 0 Å². The molecule has 1 aliphatic heterocycles. The third-order valence-electron chi connectivity index (χ3n) is 4.06. The van der Waals surface area contributed by atoms with Gasteiger partial charge in [-0.1, -0.05) is 23.7 Å². The first-order valence-corrected chi connectivity index (χ1v) is 9.13. The van der Waals surface area contributed by atoms with E-state index >= 15 is 0 Å². The van der Waals surface area contributed by atoms with E-state index in [0.717, 1.165) is 22.5 Å². The van der Waals surface area contributed by atoms with E-state index < -0.39 is 0 Å². The number of nitrogens with zero attached hydrogens (tertiary/aromatic N) is 1. The van der Waals surface area contributed by atoms with Gasteiger partial charge in [0.2, 0.25) is 0 Å². The number of hydrogen-bond donors (Lipinski definition) is 3. The Hall–Kier alpha value is -2.97. The number of hydrogen-bond acceptors (Lipinski definition) is 6. The molecule has 1 aromatic carbocycles. The molecule has 0 spiro atoms. The number of benzene rings is 1. The largest absolute Gasteiger partial charge is 0.404 e. The van der Waals surface area contributed by atoms with Crippen LogP contribution < -0.4 is 11.1 Å². The van der Waals surface area contributed by atoms with Crippen molar-refractivity contribution >= 4 is 52.4 Å². The molecule has 0 saturated heterocycles. The first-order valence-electron chi connectivity index (χ1n) is 7.93. The van der Waals surface area contributed by atoms with Gasteiger partial charge in [-0.25, -0.2) is 0 Å². The average Bonchev–Trinajstić information content (AvgIpc) is 3.17. The number of amides is 3. The summed E-state index contributed by atoms with van der Waals surface area (Å²) in [6, 6.07) is 8.16. The number of rotatable bonds is 6. The predicted molar refractivity (Wildman–Crippen MR) is 104 cm³/mol. The van der Waals surface area contributed by atoms with Crippen LogP contribution in [0.3, 0.4) is 0 Å². The van der Waals surface area contributed by atoms with Crippen LogP contribution >= 0.6 is 22.9 Å². The summed E-state index contributed by atoms with van der Waals surface area (Å²) in [5.41, 5.74) is 7.10. The lowest BCUT2D eigenvalue weighted by molar-refractivity contribution is 0.0650. The molecule has 0 atom stereocenters.